The lowest BCUT2D eigenvalue weighted by Gasteiger charge is -2.12. The van der Waals surface area contributed by atoms with Gasteiger partial charge in [0.1, 0.15) is 0 Å². The topological polar surface area (TPSA) is 93.3 Å². The number of hydrogen-bond acceptors (Lipinski definition) is 6. The Morgan fingerprint density at radius 2 is 1.97 bits per heavy atom. The Hall–Kier alpha value is -3.26. The van der Waals surface area contributed by atoms with Crippen molar-refractivity contribution < 1.29 is 14.3 Å². The average molecular weight is 438 g/mol. The lowest BCUT2D eigenvalue weighted by Crippen LogP contribution is -2.28. The summed E-state index contributed by atoms with van der Waals surface area (Å²) in [7, 11) is 0. The van der Waals surface area contributed by atoms with Crippen molar-refractivity contribution >= 4 is 17.7 Å². The summed E-state index contributed by atoms with van der Waals surface area (Å²) in [5.74, 6) is 1.12. The number of hydrogen-bond donors (Lipinski definition) is 2. The fourth-order valence-electron chi connectivity index (χ4n) is 3.28. The maximum Gasteiger partial charge on any atom is 0.255 e. The van der Waals surface area contributed by atoms with E-state index < -0.39 is 0 Å². The van der Waals surface area contributed by atoms with Crippen molar-refractivity contribution in [3.8, 4) is 11.5 Å². The Balaban J connectivity index is 1.38. The smallest absolute Gasteiger partial charge is 0.255 e. The molecule has 0 fully saturated rings. The highest BCUT2D eigenvalue weighted by atomic mass is 32.2. The maximum absolute atomic E-state index is 12.6. The number of fused-ring (bicyclic) bond motifs is 1. The molecular weight excluding hydrogens is 414 g/mol. The van der Waals surface area contributed by atoms with Gasteiger partial charge < -0.3 is 19.8 Å². The number of carbonyl (C=O) groups excluding carboxylic acids is 1. The zero-order chi connectivity index (χ0) is 21.8. The lowest BCUT2D eigenvalue weighted by molar-refractivity contribution is -0.120. The third-order valence-corrected chi connectivity index (χ3v) is 6.06. The Bertz CT molecular complexity index is 1150. The number of amides is 1. The van der Waals surface area contributed by atoms with Crippen LogP contribution in [0.3, 0.4) is 0 Å². The Morgan fingerprint density at radius 3 is 2.74 bits per heavy atom. The molecule has 8 heteroatoms. The second kappa shape index (κ2) is 9.26. The van der Waals surface area contributed by atoms with Crippen LogP contribution in [0.2, 0.25) is 0 Å². The largest absolute Gasteiger partial charge is 0.454 e. The molecule has 0 saturated carbocycles. The molecule has 7 nitrogen and oxygen atoms in total. The van der Waals surface area contributed by atoms with E-state index in [0.717, 1.165) is 11.1 Å². The van der Waals surface area contributed by atoms with Crippen molar-refractivity contribution in [3.05, 3.63) is 81.3 Å². The first-order valence-electron chi connectivity index (χ1n) is 9.96. The van der Waals surface area contributed by atoms with Gasteiger partial charge in [-0.25, -0.2) is 4.98 Å². The van der Waals surface area contributed by atoms with Crippen molar-refractivity contribution in [1.82, 2.24) is 15.3 Å². The molecule has 0 aliphatic carbocycles. The third-order valence-electron chi connectivity index (χ3n) is 5.02. The lowest BCUT2D eigenvalue weighted by atomic mass is 10.1. The van der Waals surface area contributed by atoms with Gasteiger partial charge in [-0.2, -0.15) is 0 Å². The number of rotatable bonds is 7. The summed E-state index contributed by atoms with van der Waals surface area (Å²) in [6.07, 6.45) is -0.0299. The maximum atomic E-state index is 12.6. The van der Waals surface area contributed by atoms with Crippen LogP contribution >= 0.6 is 11.8 Å². The van der Waals surface area contributed by atoms with E-state index in [2.05, 4.69) is 22.2 Å². The molecule has 1 amide bonds. The quantitative estimate of drug-likeness (QED) is 0.434. The standard InChI is InChI=1S/C23H23N3O4S/c1-14-18(11-21(27)24-12-16-8-9-19-20(10-16)30-13-29-19)22(28)26-23(25-14)31-15(2)17-6-4-3-5-7-17/h3-10,15H,11-13H2,1-2H3,(H,24,27)(H,25,26,28)/t15-/m0/s1. The van der Waals surface area contributed by atoms with E-state index in [1.54, 1.807) is 6.92 Å². The molecule has 0 bridgehead atoms. The Kier molecular flexibility index (Phi) is 6.27. The molecule has 160 valence electrons. The molecule has 31 heavy (non-hydrogen) atoms. The van der Waals surface area contributed by atoms with Crippen LogP contribution in [0.25, 0.3) is 0 Å². The fourth-order valence-corrected chi connectivity index (χ4v) is 4.25. The minimum atomic E-state index is -0.284. The molecule has 2 aromatic carbocycles. The number of aryl methyl sites for hydroxylation is 1. The van der Waals surface area contributed by atoms with Crippen molar-refractivity contribution in [2.75, 3.05) is 6.79 Å². The van der Waals surface area contributed by atoms with Gasteiger partial charge >= 0.3 is 0 Å². The van der Waals surface area contributed by atoms with Gasteiger partial charge in [0.2, 0.25) is 12.7 Å². The summed E-state index contributed by atoms with van der Waals surface area (Å²) in [5, 5.41) is 3.52. The fraction of sp³-hybridized carbons (Fsp3) is 0.261. The molecule has 1 aromatic heterocycles. The Labute approximate surface area is 184 Å². The van der Waals surface area contributed by atoms with E-state index >= 15 is 0 Å². The summed E-state index contributed by atoms with van der Waals surface area (Å²) < 4.78 is 10.6. The highest BCUT2D eigenvalue weighted by Crippen LogP contribution is 2.33. The number of carbonyl (C=O) groups is 1. The number of H-pyrrole nitrogens is 1. The third kappa shape index (κ3) is 5.08. The summed E-state index contributed by atoms with van der Waals surface area (Å²) in [6.45, 7) is 4.36. The molecule has 3 aromatic rings. The van der Waals surface area contributed by atoms with E-state index in [4.69, 9.17) is 9.47 Å². The number of nitrogens with zero attached hydrogens (tertiary/aromatic N) is 1. The van der Waals surface area contributed by atoms with Gasteiger partial charge in [0.25, 0.3) is 5.56 Å². The number of nitrogens with one attached hydrogen (secondary N) is 2. The van der Waals surface area contributed by atoms with Gasteiger partial charge in [0.15, 0.2) is 16.7 Å². The van der Waals surface area contributed by atoms with Gasteiger partial charge in [-0.15, -0.1) is 0 Å². The van der Waals surface area contributed by atoms with E-state index in [0.29, 0.717) is 34.5 Å². The normalized spacial score (nSPS) is 13.1. The number of ether oxygens (including phenoxy) is 2. The number of benzene rings is 2. The van der Waals surface area contributed by atoms with Crippen molar-refractivity contribution in [1.29, 1.82) is 0 Å². The molecule has 0 saturated heterocycles. The molecular formula is C23H23N3O4S. The van der Waals surface area contributed by atoms with Crippen LogP contribution in [0, 0.1) is 6.92 Å². The molecule has 0 spiro atoms. The zero-order valence-electron chi connectivity index (χ0n) is 17.3. The van der Waals surface area contributed by atoms with Crippen molar-refractivity contribution in [3.63, 3.8) is 0 Å². The van der Waals surface area contributed by atoms with Crippen molar-refractivity contribution in [2.24, 2.45) is 0 Å². The second-order valence-electron chi connectivity index (χ2n) is 7.25. The number of thioether (sulfide) groups is 1. The monoisotopic (exact) mass is 437 g/mol. The average Bonchev–Trinajstić information content (AvgIpc) is 3.23. The molecule has 2 heterocycles. The van der Waals surface area contributed by atoms with E-state index in [1.165, 1.54) is 11.8 Å². The van der Waals surface area contributed by atoms with Crippen LogP contribution in [-0.4, -0.2) is 22.7 Å². The Morgan fingerprint density at radius 1 is 1.19 bits per heavy atom. The molecule has 1 atom stereocenters. The summed E-state index contributed by atoms with van der Waals surface area (Å²) in [5.41, 5.74) is 2.70. The zero-order valence-corrected chi connectivity index (χ0v) is 18.1. The van der Waals surface area contributed by atoms with E-state index in [9.17, 15) is 9.59 Å². The molecule has 0 unspecified atom stereocenters. The van der Waals surface area contributed by atoms with Gasteiger partial charge in [0, 0.05) is 23.1 Å². The van der Waals surface area contributed by atoms with Crippen LogP contribution < -0.4 is 20.3 Å². The number of aromatic amines is 1. The number of aromatic nitrogens is 2. The first-order valence-corrected chi connectivity index (χ1v) is 10.8. The molecule has 4 rings (SSSR count). The molecule has 1 aliphatic heterocycles. The van der Waals surface area contributed by atoms with Crippen molar-refractivity contribution in [2.45, 2.75) is 37.2 Å². The minimum Gasteiger partial charge on any atom is -0.454 e. The van der Waals surface area contributed by atoms with Gasteiger partial charge in [-0.05, 0) is 37.1 Å². The van der Waals surface area contributed by atoms with Crippen LogP contribution in [0.1, 0.15) is 34.6 Å². The van der Waals surface area contributed by atoms with Crippen LogP contribution in [0.5, 0.6) is 11.5 Å². The minimum absolute atomic E-state index is 0.0299. The van der Waals surface area contributed by atoms with Gasteiger partial charge in [-0.3, -0.25) is 9.59 Å². The summed E-state index contributed by atoms with van der Waals surface area (Å²) in [6, 6.07) is 15.5. The molecule has 0 radical (unpaired) electrons. The highest BCUT2D eigenvalue weighted by molar-refractivity contribution is 7.99. The van der Waals surface area contributed by atoms with Crippen LogP contribution in [0.15, 0.2) is 58.5 Å². The molecule has 1 aliphatic rings. The highest BCUT2D eigenvalue weighted by Gasteiger charge is 2.16. The SMILES string of the molecule is Cc1nc(S[C@@H](C)c2ccccc2)[nH]c(=O)c1CC(=O)NCc1ccc2c(c1)OCO2. The predicted molar refractivity (Wildman–Crippen MR) is 118 cm³/mol. The second-order valence-corrected chi connectivity index (χ2v) is 8.58. The first-order chi connectivity index (χ1) is 15.0. The van der Waals surface area contributed by atoms with E-state index in [1.807, 2.05) is 48.5 Å². The first kappa shape index (κ1) is 21.0. The van der Waals surface area contributed by atoms with Crippen LogP contribution in [-0.2, 0) is 17.8 Å². The van der Waals surface area contributed by atoms with Crippen LogP contribution in [0.4, 0.5) is 0 Å². The summed E-state index contributed by atoms with van der Waals surface area (Å²) in [4.78, 5) is 32.3. The van der Waals surface area contributed by atoms with E-state index in [-0.39, 0.29) is 29.9 Å². The molecule has 2 N–H and O–H groups in total. The van der Waals surface area contributed by atoms with Gasteiger partial charge in [-0.1, -0.05) is 48.2 Å². The summed E-state index contributed by atoms with van der Waals surface area (Å²) >= 11 is 1.48. The van der Waals surface area contributed by atoms with Gasteiger partial charge in [0.05, 0.1) is 6.42 Å². The predicted octanol–water partition coefficient (Wildman–Crippen LogP) is 3.52.